The molecule has 5 aromatic rings. The highest BCUT2D eigenvalue weighted by molar-refractivity contribution is 5.83. The van der Waals surface area contributed by atoms with Crippen molar-refractivity contribution < 1.29 is 0 Å². The minimum atomic E-state index is 0.664. The van der Waals surface area contributed by atoms with Gasteiger partial charge in [-0.25, -0.2) is 5.10 Å². The maximum absolute atomic E-state index is 4.81. The number of anilines is 1. The summed E-state index contributed by atoms with van der Waals surface area (Å²) >= 11 is 0. The topological polar surface area (TPSA) is 79.4 Å². The van der Waals surface area contributed by atoms with Crippen LogP contribution in [0.15, 0.2) is 78.9 Å². The van der Waals surface area contributed by atoms with E-state index in [2.05, 4.69) is 81.4 Å². The summed E-state index contributed by atoms with van der Waals surface area (Å²) in [6.07, 6.45) is 0.888. The first kappa shape index (κ1) is 18.9. The lowest BCUT2D eigenvalue weighted by atomic mass is 9.98. The smallest absolute Gasteiger partial charge is 0.180 e. The van der Waals surface area contributed by atoms with Crippen molar-refractivity contribution in [1.29, 1.82) is 0 Å². The number of tetrazole rings is 1. The first-order valence-electron chi connectivity index (χ1n) is 10.4. The molecule has 5 rings (SSSR count). The number of nitrogens with one attached hydrogen (secondary N) is 2. The van der Waals surface area contributed by atoms with Crippen LogP contribution in [0.4, 0.5) is 5.69 Å². The number of pyridine rings is 1. The van der Waals surface area contributed by atoms with E-state index in [4.69, 9.17) is 4.98 Å². The molecule has 2 heterocycles. The van der Waals surface area contributed by atoms with Gasteiger partial charge in [0.2, 0.25) is 0 Å². The Hall–Kier alpha value is -4.06. The molecule has 6 nitrogen and oxygen atoms in total. The normalized spacial score (nSPS) is 11.0. The second-order valence-electron chi connectivity index (χ2n) is 7.37. The summed E-state index contributed by atoms with van der Waals surface area (Å²) in [4.78, 5) is 4.81. The van der Waals surface area contributed by atoms with Crippen molar-refractivity contribution in [3.63, 3.8) is 0 Å². The second-order valence-corrected chi connectivity index (χ2v) is 7.37. The summed E-state index contributed by atoms with van der Waals surface area (Å²) in [6.45, 7) is 2.87. The third-order valence-corrected chi connectivity index (χ3v) is 5.41. The van der Waals surface area contributed by atoms with Gasteiger partial charge in [0, 0.05) is 17.5 Å². The summed E-state index contributed by atoms with van der Waals surface area (Å²) in [5.41, 5.74) is 7.61. The van der Waals surface area contributed by atoms with Gasteiger partial charge in [-0.2, -0.15) is 0 Å². The van der Waals surface area contributed by atoms with E-state index < -0.39 is 0 Å². The van der Waals surface area contributed by atoms with Gasteiger partial charge in [0.05, 0.1) is 16.9 Å². The lowest BCUT2D eigenvalue weighted by molar-refractivity contribution is 0.881. The van der Waals surface area contributed by atoms with Crippen LogP contribution in [0.25, 0.3) is 33.4 Å². The summed E-state index contributed by atoms with van der Waals surface area (Å²) in [5.74, 6) is 0.664. The Morgan fingerprint density at radius 3 is 2.42 bits per heavy atom. The number of aromatic nitrogens is 5. The van der Waals surface area contributed by atoms with Gasteiger partial charge in [-0.05, 0) is 45.7 Å². The Kier molecular flexibility index (Phi) is 5.10. The first-order chi connectivity index (χ1) is 15.3. The number of hydrogen-bond acceptors (Lipinski definition) is 5. The van der Waals surface area contributed by atoms with E-state index in [-0.39, 0.29) is 0 Å². The molecule has 31 heavy (non-hydrogen) atoms. The standard InChI is InChI=1S/C25H22N6/c1-2-22-24(15-19-7-3-6-10-23(19)27-22)26-16-17-11-13-18(14-12-17)20-8-4-5-9-21(20)25-28-30-31-29-25/h3-15,26H,2,16H2,1H3,(H,28,29,30,31). The highest BCUT2D eigenvalue weighted by Crippen LogP contribution is 2.30. The summed E-state index contributed by atoms with van der Waals surface area (Å²) in [7, 11) is 0. The molecule has 0 aliphatic heterocycles. The van der Waals surface area contributed by atoms with Crippen LogP contribution in [0.5, 0.6) is 0 Å². The summed E-state index contributed by atoms with van der Waals surface area (Å²) in [5, 5.41) is 19.0. The van der Waals surface area contributed by atoms with Gasteiger partial charge in [0.1, 0.15) is 0 Å². The molecule has 2 aromatic heterocycles. The molecule has 0 saturated heterocycles. The van der Waals surface area contributed by atoms with Crippen LogP contribution in [0.2, 0.25) is 0 Å². The molecule has 0 spiro atoms. The molecular weight excluding hydrogens is 384 g/mol. The van der Waals surface area contributed by atoms with Gasteiger partial charge >= 0.3 is 0 Å². The Labute approximate surface area is 180 Å². The quantitative estimate of drug-likeness (QED) is 0.402. The fourth-order valence-electron chi connectivity index (χ4n) is 3.79. The molecule has 0 atom stereocenters. The molecule has 0 aliphatic rings. The predicted molar refractivity (Wildman–Crippen MR) is 123 cm³/mol. The highest BCUT2D eigenvalue weighted by Gasteiger charge is 2.10. The average molecular weight is 406 g/mol. The van der Waals surface area contributed by atoms with Gasteiger partial charge in [-0.1, -0.05) is 73.7 Å². The van der Waals surface area contributed by atoms with Crippen molar-refractivity contribution in [2.45, 2.75) is 19.9 Å². The first-order valence-corrected chi connectivity index (χ1v) is 10.4. The Morgan fingerprint density at radius 2 is 1.65 bits per heavy atom. The van der Waals surface area contributed by atoms with Crippen LogP contribution in [0.3, 0.4) is 0 Å². The molecule has 2 N–H and O–H groups in total. The number of aryl methyl sites for hydroxylation is 1. The second kappa shape index (κ2) is 8.36. The number of H-pyrrole nitrogens is 1. The molecule has 6 heteroatoms. The molecule has 0 aliphatic carbocycles. The maximum Gasteiger partial charge on any atom is 0.180 e. The van der Waals surface area contributed by atoms with Crippen molar-refractivity contribution in [2.24, 2.45) is 0 Å². The molecule has 152 valence electrons. The van der Waals surface area contributed by atoms with Crippen molar-refractivity contribution in [3.8, 4) is 22.5 Å². The van der Waals surface area contributed by atoms with Crippen molar-refractivity contribution in [1.82, 2.24) is 25.6 Å². The lowest BCUT2D eigenvalue weighted by Crippen LogP contribution is -2.04. The van der Waals surface area contributed by atoms with Crippen molar-refractivity contribution in [2.75, 3.05) is 5.32 Å². The minimum absolute atomic E-state index is 0.664. The van der Waals surface area contributed by atoms with Crippen LogP contribution in [0.1, 0.15) is 18.2 Å². The molecule has 0 unspecified atom stereocenters. The fraction of sp³-hybridized carbons (Fsp3) is 0.120. The molecule has 0 fully saturated rings. The largest absolute Gasteiger partial charge is 0.379 e. The number of fused-ring (bicyclic) bond motifs is 1. The van der Waals surface area contributed by atoms with E-state index in [9.17, 15) is 0 Å². The number of hydrogen-bond donors (Lipinski definition) is 2. The SMILES string of the molecule is CCc1nc2ccccc2cc1NCc1ccc(-c2ccccc2-c2nnn[nH]2)cc1. The van der Waals surface area contributed by atoms with Gasteiger partial charge < -0.3 is 5.32 Å². The average Bonchev–Trinajstić information content (AvgIpc) is 3.37. The van der Waals surface area contributed by atoms with Crippen LogP contribution >= 0.6 is 0 Å². The number of aromatic amines is 1. The molecular formula is C25H22N6. The number of para-hydroxylation sites is 1. The van der Waals surface area contributed by atoms with Gasteiger partial charge in [-0.15, -0.1) is 5.10 Å². The van der Waals surface area contributed by atoms with Crippen molar-refractivity contribution in [3.05, 3.63) is 90.1 Å². The Morgan fingerprint density at radius 1 is 0.871 bits per heavy atom. The van der Waals surface area contributed by atoms with E-state index >= 15 is 0 Å². The van der Waals surface area contributed by atoms with E-state index in [1.165, 1.54) is 5.56 Å². The third-order valence-electron chi connectivity index (χ3n) is 5.41. The lowest BCUT2D eigenvalue weighted by Gasteiger charge is -2.13. The fourth-order valence-corrected chi connectivity index (χ4v) is 3.79. The van der Waals surface area contributed by atoms with Crippen molar-refractivity contribution >= 4 is 16.6 Å². The van der Waals surface area contributed by atoms with E-state index in [0.29, 0.717) is 5.82 Å². The molecule has 0 saturated carbocycles. The predicted octanol–water partition coefficient (Wildman–Crippen LogP) is 5.26. The number of benzene rings is 3. The zero-order valence-corrected chi connectivity index (χ0v) is 17.2. The monoisotopic (exact) mass is 406 g/mol. The summed E-state index contributed by atoms with van der Waals surface area (Å²) in [6, 6.07) is 27.1. The minimum Gasteiger partial charge on any atom is -0.379 e. The van der Waals surface area contributed by atoms with Crippen LogP contribution in [0, 0.1) is 0 Å². The molecule has 0 radical (unpaired) electrons. The number of nitrogens with zero attached hydrogens (tertiary/aromatic N) is 4. The Bertz CT molecular complexity index is 1310. The molecule has 0 amide bonds. The molecule has 0 bridgehead atoms. The zero-order chi connectivity index (χ0) is 21.0. The molecule has 3 aromatic carbocycles. The van der Waals surface area contributed by atoms with E-state index in [0.717, 1.165) is 51.9 Å². The van der Waals surface area contributed by atoms with Gasteiger partial charge in [0.15, 0.2) is 5.82 Å². The van der Waals surface area contributed by atoms with Crippen LogP contribution in [-0.4, -0.2) is 25.6 Å². The summed E-state index contributed by atoms with van der Waals surface area (Å²) < 4.78 is 0. The van der Waals surface area contributed by atoms with E-state index in [1.54, 1.807) is 0 Å². The van der Waals surface area contributed by atoms with Crippen LogP contribution < -0.4 is 5.32 Å². The van der Waals surface area contributed by atoms with Crippen LogP contribution in [-0.2, 0) is 13.0 Å². The third kappa shape index (κ3) is 3.88. The highest BCUT2D eigenvalue weighted by atomic mass is 15.5. The van der Waals surface area contributed by atoms with Gasteiger partial charge in [0.25, 0.3) is 0 Å². The maximum atomic E-state index is 4.81. The zero-order valence-electron chi connectivity index (χ0n) is 17.2. The van der Waals surface area contributed by atoms with E-state index in [1.807, 2.05) is 30.3 Å². The Balaban J connectivity index is 1.37. The van der Waals surface area contributed by atoms with Gasteiger partial charge in [-0.3, -0.25) is 4.98 Å². The number of rotatable bonds is 6.